The van der Waals surface area contributed by atoms with Gasteiger partial charge in [-0.3, -0.25) is 19.8 Å². The Bertz CT molecular complexity index is 992. The number of nitro benzene ring substituents is 1. The summed E-state index contributed by atoms with van der Waals surface area (Å²) in [6, 6.07) is 11.7. The molecule has 0 saturated carbocycles. The highest BCUT2D eigenvalue weighted by atomic mass is 79.9. The number of benzene rings is 2. The normalized spacial score (nSPS) is 15.0. The van der Waals surface area contributed by atoms with Crippen LogP contribution in [0.5, 0.6) is 5.75 Å². The van der Waals surface area contributed by atoms with E-state index < -0.39 is 4.92 Å². The molecule has 0 atom stereocenters. The van der Waals surface area contributed by atoms with Gasteiger partial charge in [0.15, 0.2) is 5.11 Å². The SMILES string of the molecule is CCCN1C(=O)/C(=C/c2ccc(OCc3ccc([N+](=O)[O-])cc3)c(Br)c2)NC1=S. The molecule has 1 aliphatic rings. The first-order valence-corrected chi connectivity index (χ1v) is 10.1. The molecule has 0 aromatic heterocycles. The van der Waals surface area contributed by atoms with Crippen LogP contribution < -0.4 is 10.1 Å². The van der Waals surface area contributed by atoms with Crippen LogP contribution in [-0.2, 0) is 11.4 Å². The maximum Gasteiger partial charge on any atom is 0.276 e. The molecule has 29 heavy (non-hydrogen) atoms. The Kier molecular flexibility index (Phi) is 6.60. The third kappa shape index (κ3) is 4.99. The summed E-state index contributed by atoms with van der Waals surface area (Å²) in [5.41, 5.74) is 2.12. The maximum atomic E-state index is 12.4. The third-order valence-corrected chi connectivity index (χ3v) is 5.16. The molecule has 1 amide bonds. The first kappa shape index (κ1) is 20.9. The Labute approximate surface area is 181 Å². The molecule has 3 rings (SSSR count). The molecule has 1 N–H and O–H groups in total. The van der Waals surface area contributed by atoms with E-state index in [1.54, 1.807) is 29.2 Å². The number of thiocarbonyl (C=S) groups is 1. The Morgan fingerprint density at radius 3 is 2.62 bits per heavy atom. The number of hydrogen-bond acceptors (Lipinski definition) is 5. The topological polar surface area (TPSA) is 84.7 Å². The van der Waals surface area contributed by atoms with Crippen molar-refractivity contribution < 1.29 is 14.5 Å². The first-order chi connectivity index (χ1) is 13.9. The van der Waals surface area contributed by atoms with Crippen molar-refractivity contribution in [3.05, 3.63) is 73.9 Å². The van der Waals surface area contributed by atoms with E-state index in [4.69, 9.17) is 17.0 Å². The molecule has 150 valence electrons. The molecule has 0 radical (unpaired) electrons. The summed E-state index contributed by atoms with van der Waals surface area (Å²) < 4.78 is 6.52. The van der Waals surface area contributed by atoms with Crippen LogP contribution in [0.3, 0.4) is 0 Å². The number of hydrogen-bond donors (Lipinski definition) is 1. The van der Waals surface area contributed by atoms with Crippen LogP contribution in [0.25, 0.3) is 6.08 Å². The minimum atomic E-state index is -0.438. The lowest BCUT2D eigenvalue weighted by Crippen LogP contribution is -2.31. The predicted molar refractivity (Wildman–Crippen MR) is 117 cm³/mol. The van der Waals surface area contributed by atoms with Gasteiger partial charge in [-0.1, -0.05) is 13.0 Å². The fourth-order valence-corrected chi connectivity index (χ4v) is 3.56. The molecule has 0 bridgehead atoms. The Hall–Kier alpha value is -2.78. The number of nitrogens with one attached hydrogen (secondary N) is 1. The zero-order valence-corrected chi connectivity index (χ0v) is 18.0. The van der Waals surface area contributed by atoms with Gasteiger partial charge in [0.1, 0.15) is 18.1 Å². The van der Waals surface area contributed by atoms with Crippen molar-refractivity contribution in [2.75, 3.05) is 6.54 Å². The van der Waals surface area contributed by atoms with Gasteiger partial charge in [-0.25, -0.2) is 0 Å². The molecule has 1 fully saturated rings. The van der Waals surface area contributed by atoms with Crippen LogP contribution in [0, 0.1) is 10.1 Å². The number of nitrogens with zero attached hydrogens (tertiary/aromatic N) is 2. The standard InChI is InChI=1S/C20H18BrN3O4S/c1-2-9-23-19(25)17(22-20(23)29)11-14-5-8-18(16(21)10-14)28-12-13-3-6-15(7-4-13)24(26)27/h3-8,10-11H,2,9,12H2,1H3,(H,22,29)/b17-11-. The van der Waals surface area contributed by atoms with Gasteiger partial charge in [0.25, 0.3) is 11.6 Å². The van der Waals surface area contributed by atoms with Crippen LogP contribution in [0.1, 0.15) is 24.5 Å². The van der Waals surface area contributed by atoms with Crippen molar-refractivity contribution >= 4 is 50.9 Å². The third-order valence-electron chi connectivity index (χ3n) is 4.22. The summed E-state index contributed by atoms with van der Waals surface area (Å²) in [7, 11) is 0. The number of amides is 1. The van der Waals surface area contributed by atoms with E-state index in [2.05, 4.69) is 21.2 Å². The highest BCUT2D eigenvalue weighted by Gasteiger charge is 2.29. The molecule has 1 aliphatic heterocycles. The molecule has 0 spiro atoms. The van der Waals surface area contributed by atoms with Crippen molar-refractivity contribution in [2.45, 2.75) is 20.0 Å². The number of carbonyl (C=O) groups excluding carboxylic acids is 1. The molecule has 2 aromatic carbocycles. The first-order valence-electron chi connectivity index (χ1n) is 8.89. The minimum absolute atomic E-state index is 0.0411. The average Bonchev–Trinajstić information content (AvgIpc) is 2.95. The van der Waals surface area contributed by atoms with Crippen LogP contribution in [0.2, 0.25) is 0 Å². The molecule has 0 unspecified atom stereocenters. The number of ether oxygens (including phenoxy) is 1. The van der Waals surface area contributed by atoms with Crippen molar-refractivity contribution in [3.63, 3.8) is 0 Å². The van der Waals surface area contributed by atoms with Crippen LogP contribution in [-0.4, -0.2) is 27.4 Å². The van der Waals surface area contributed by atoms with E-state index in [1.807, 2.05) is 19.1 Å². The highest BCUT2D eigenvalue weighted by Crippen LogP contribution is 2.28. The van der Waals surface area contributed by atoms with Crippen molar-refractivity contribution in [1.29, 1.82) is 0 Å². The summed E-state index contributed by atoms with van der Waals surface area (Å²) >= 11 is 8.69. The van der Waals surface area contributed by atoms with Crippen molar-refractivity contribution in [2.24, 2.45) is 0 Å². The Morgan fingerprint density at radius 2 is 2.00 bits per heavy atom. The maximum absolute atomic E-state index is 12.4. The predicted octanol–water partition coefficient (Wildman–Crippen LogP) is 4.40. The van der Waals surface area contributed by atoms with E-state index in [0.717, 1.165) is 22.0 Å². The lowest BCUT2D eigenvalue weighted by atomic mass is 10.2. The Balaban J connectivity index is 1.68. The van der Waals surface area contributed by atoms with Gasteiger partial charge in [-0.15, -0.1) is 0 Å². The lowest BCUT2D eigenvalue weighted by Gasteiger charge is -2.11. The molecule has 9 heteroatoms. The van der Waals surface area contributed by atoms with Crippen LogP contribution in [0.4, 0.5) is 5.69 Å². The fraction of sp³-hybridized carbons (Fsp3) is 0.200. The fourth-order valence-electron chi connectivity index (χ4n) is 2.76. The van der Waals surface area contributed by atoms with Crippen molar-refractivity contribution in [3.8, 4) is 5.75 Å². The van der Waals surface area contributed by atoms with Gasteiger partial charge in [-0.2, -0.15) is 0 Å². The molecule has 1 heterocycles. The minimum Gasteiger partial charge on any atom is -0.488 e. The molecular formula is C20H18BrN3O4S. The Morgan fingerprint density at radius 1 is 1.28 bits per heavy atom. The van der Waals surface area contributed by atoms with E-state index in [0.29, 0.717) is 23.1 Å². The van der Waals surface area contributed by atoms with Crippen LogP contribution >= 0.6 is 28.1 Å². The summed E-state index contributed by atoms with van der Waals surface area (Å²) in [5, 5.41) is 14.1. The zero-order chi connectivity index (χ0) is 21.0. The smallest absolute Gasteiger partial charge is 0.276 e. The number of carbonyl (C=O) groups is 1. The second kappa shape index (κ2) is 9.15. The quantitative estimate of drug-likeness (QED) is 0.276. The molecule has 7 nitrogen and oxygen atoms in total. The largest absolute Gasteiger partial charge is 0.488 e. The van der Waals surface area contributed by atoms with Gasteiger partial charge in [-0.05, 0) is 76.0 Å². The van der Waals surface area contributed by atoms with Crippen molar-refractivity contribution in [1.82, 2.24) is 10.2 Å². The van der Waals surface area contributed by atoms with E-state index in [9.17, 15) is 14.9 Å². The van der Waals surface area contributed by atoms with Gasteiger partial charge < -0.3 is 10.1 Å². The molecule has 2 aromatic rings. The number of non-ortho nitro benzene ring substituents is 1. The van der Waals surface area contributed by atoms with E-state index in [-0.39, 0.29) is 18.2 Å². The van der Waals surface area contributed by atoms with E-state index >= 15 is 0 Å². The van der Waals surface area contributed by atoms with Gasteiger partial charge in [0.2, 0.25) is 0 Å². The summed E-state index contributed by atoms with van der Waals surface area (Å²) in [6.45, 7) is 2.85. The lowest BCUT2D eigenvalue weighted by molar-refractivity contribution is -0.384. The molecule has 0 aliphatic carbocycles. The average molecular weight is 476 g/mol. The highest BCUT2D eigenvalue weighted by molar-refractivity contribution is 9.10. The summed E-state index contributed by atoms with van der Waals surface area (Å²) in [6.07, 6.45) is 2.57. The number of rotatable bonds is 7. The van der Waals surface area contributed by atoms with E-state index in [1.165, 1.54) is 12.1 Å². The number of nitro groups is 1. The molecular weight excluding hydrogens is 458 g/mol. The zero-order valence-electron chi connectivity index (χ0n) is 15.6. The van der Waals surface area contributed by atoms with Gasteiger partial charge in [0, 0.05) is 18.7 Å². The summed E-state index contributed by atoms with van der Waals surface area (Å²) in [5.74, 6) is 0.491. The second-order valence-corrected chi connectivity index (χ2v) is 7.59. The monoisotopic (exact) mass is 475 g/mol. The second-order valence-electron chi connectivity index (χ2n) is 6.35. The summed E-state index contributed by atoms with van der Waals surface area (Å²) in [4.78, 5) is 24.2. The van der Waals surface area contributed by atoms with Crippen LogP contribution in [0.15, 0.2) is 52.6 Å². The number of halogens is 1. The molecule has 1 saturated heterocycles. The van der Waals surface area contributed by atoms with Gasteiger partial charge >= 0.3 is 0 Å². The van der Waals surface area contributed by atoms with Gasteiger partial charge in [0.05, 0.1) is 9.40 Å².